The minimum absolute atomic E-state index is 0.0388. The van der Waals surface area contributed by atoms with Gasteiger partial charge in [-0.1, -0.05) is 37.3 Å². The largest absolute Gasteiger partial charge is 0.351 e. The van der Waals surface area contributed by atoms with Crippen molar-refractivity contribution in [2.75, 3.05) is 44.2 Å². The lowest BCUT2D eigenvalue weighted by Crippen LogP contribution is -2.51. The van der Waals surface area contributed by atoms with Crippen LogP contribution in [0.2, 0.25) is 0 Å². The summed E-state index contributed by atoms with van der Waals surface area (Å²) in [5.74, 6) is 0.905. The Hall–Kier alpha value is -1.44. The van der Waals surface area contributed by atoms with Gasteiger partial charge in [0.15, 0.2) is 9.84 Å². The lowest BCUT2D eigenvalue weighted by atomic mass is 10.00. The Kier molecular flexibility index (Phi) is 7.12. The molecule has 156 valence electrons. The van der Waals surface area contributed by atoms with E-state index in [9.17, 15) is 13.2 Å². The quantitative estimate of drug-likeness (QED) is 0.777. The van der Waals surface area contributed by atoms with Gasteiger partial charge in [0.1, 0.15) is 6.04 Å². The lowest BCUT2D eigenvalue weighted by molar-refractivity contribution is -0.127. The zero-order valence-corrected chi connectivity index (χ0v) is 17.8. The van der Waals surface area contributed by atoms with E-state index in [1.807, 2.05) is 35.2 Å². The molecule has 2 fully saturated rings. The Morgan fingerprint density at radius 2 is 1.86 bits per heavy atom. The van der Waals surface area contributed by atoms with Gasteiger partial charge in [0.25, 0.3) is 0 Å². The first kappa shape index (κ1) is 21.3. The molecule has 0 saturated carbocycles. The molecule has 3 rings (SSSR count). The maximum atomic E-state index is 13.2. The number of likely N-dealkylation sites (tertiary alicyclic amines) is 1. The molecule has 7 heteroatoms. The minimum Gasteiger partial charge on any atom is -0.351 e. The third-order valence-electron chi connectivity index (χ3n) is 5.77. The van der Waals surface area contributed by atoms with Gasteiger partial charge in [0.05, 0.1) is 11.5 Å². The second-order valence-electron chi connectivity index (χ2n) is 8.42. The molecular formula is C21H33N3O3S. The molecule has 1 aromatic carbocycles. The molecule has 6 nitrogen and oxygen atoms in total. The molecule has 2 aliphatic rings. The Labute approximate surface area is 169 Å². The summed E-state index contributed by atoms with van der Waals surface area (Å²) in [6, 6.07) is 9.29. The molecule has 28 heavy (non-hydrogen) atoms. The lowest BCUT2D eigenvalue weighted by Gasteiger charge is -2.36. The van der Waals surface area contributed by atoms with E-state index in [0.29, 0.717) is 19.0 Å². The van der Waals surface area contributed by atoms with Gasteiger partial charge in [-0.15, -0.1) is 0 Å². The standard InChI is InChI=1S/C21H33N3O3S/c1-17-7-6-10-23(15-17)16-18(2)22-21(25)20(19-8-4-3-5-9-19)24-11-13-28(26,27)14-12-24/h3-5,8-9,17-18,20H,6-7,10-16H2,1-2H3,(H,22,25). The number of nitrogens with zero attached hydrogens (tertiary/aromatic N) is 2. The molecule has 2 heterocycles. The van der Waals surface area contributed by atoms with Crippen LogP contribution in [-0.4, -0.2) is 74.4 Å². The first-order valence-electron chi connectivity index (χ1n) is 10.4. The number of carbonyl (C=O) groups excluding carboxylic acids is 1. The monoisotopic (exact) mass is 407 g/mol. The number of sulfone groups is 1. The fourth-order valence-electron chi connectivity index (χ4n) is 4.36. The highest BCUT2D eigenvalue weighted by Gasteiger charge is 2.33. The Balaban J connectivity index is 1.66. The highest BCUT2D eigenvalue weighted by Crippen LogP contribution is 2.23. The minimum atomic E-state index is -2.98. The van der Waals surface area contributed by atoms with Crippen LogP contribution in [-0.2, 0) is 14.6 Å². The van der Waals surface area contributed by atoms with Crippen LogP contribution < -0.4 is 5.32 Å². The van der Waals surface area contributed by atoms with Crippen molar-refractivity contribution in [3.63, 3.8) is 0 Å². The average molecular weight is 408 g/mol. The van der Waals surface area contributed by atoms with E-state index in [1.165, 1.54) is 12.8 Å². The highest BCUT2D eigenvalue weighted by atomic mass is 32.2. The predicted octanol–water partition coefficient (Wildman–Crippen LogP) is 1.69. The fourth-order valence-corrected chi connectivity index (χ4v) is 5.58. The molecule has 2 saturated heterocycles. The summed E-state index contributed by atoms with van der Waals surface area (Å²) in [5.41, 5.74) is 0.915. The van der Waals surface area contributed by atoms with Gasteiger partial charge < -0.3 is 10.2 Å². The van der Waals surface area contributed by atoms with Crippen LogP contribution in [0.4, 0.5) is 0 Å². The number of benzene rings is 1. The molecular weight excluding hydrogens is 374 g/mol. The summed E-state index contributed by atoms with van der Waals surface area (Å²) in [4.78, 5) is 17.6. The molecule has 1 amide bonds. The Bertz CT molecular complexity index is 739. The summed E-state index contributed by atoms with van der Waals surface area (Å²) in [6.45, 7) is 8.17. The van der Waals surface area contributed by atoms with Crippen LogP contribution in [0.5, 0.6) is 0 Å². The normalized spacial score (nSPS) is 25.7. The third kappa shape index (κ3) is 5.78. The average Bonchev–Trinajstić information content (AvgIpc) is 2.64. The van der Waals surface area contributed by atoms with Gasteiger partial charge in [-0.2, -0.15) is 0 Å². The molecule has 0 aliphatic carbocycles. The van der Waals surface area contributed by atoms with Gasteiger partial charge in [0, 0.05) is 32.2 Å². The van der Waals surface area contributed by atoms with Crippen molar-refractivity contribution in [3.8, 4) is 0 Å². The molecule has 3 atom stereocenters. The van der Waals surface area contributed by atoms with Gasteiger partial charge in [-0.05, 0) is 37.8 Å². The van der Waals surface area contributed by atoms with Gasteiger partial charge in [-0.25, -0.2) is 8.42 Å². The van der Waals surface area contributed by atoms with Crippen LogP contribution >= 0.6 is 0 Å². The highest BCUT2D eigenvalue weighted by molar-refractivity contribution is 7.91. The van der Waals surface area contributed by atoms with Crippen molar-refractivity contribution in [2.24, 2.45) is 5.92 Å². The number of rotatable bonds is 6. The van der Waals surface area contributed by atoms with E-state index >= 15 is 0 Å². The van der Waals surface area contributed by atoms with E-state index in [1.54, 1.807) is 0 Å². The second-order valence-corrected chi connectivity index (χ2v) is 10.7. The van der Waals surface area contributed by atoms with E-state index in [0.717, 1.165) is 25.2 Å². The van der Waals surface area contributed by atoms with Crippen LogP contribution in [0.3, 0.4) is 0 Å². The first-order chi connectivity index (χ1) is 13.3. The topological polar surface area (TPSA) is 69.7 Å². The van der Waals surface area contributed by atoms with Gasteiger partial charge in [-0.3, -0.25) is 9.69 Å². The molecule has 0 radical (unpaired) electrons. The van der Waals surface area contributed by atoms with Crippen LogP contribution in [0.15, 0.2) is 30.3 Å². The smallest absolute Gasteiger partial charge is 0.242 e. The molecule has 2 aliphatic heterocycles. The maximum Gasteiger partial charge on any atom is 0.242 e. The molecule has 0 bridgehead atoms. The van der Waals surface area contributed by atoms with E-state index in [-0.39, 0.29) is 23.5 Å². The van der Waals surface area contributed by atoms with Crippen molar-refractivity contribution in [2.45, 2.75) is 38.8 Å². The maximum absolute atomic E-state index is 13.2. The van der Waals surface area contributed by atoms with E-state index in [4.69, 9.17) is 0 Å². The number of hydrogen-bond donors (Lipinski definition) is 1. The van der Waals surface area contributed by atoms with Crippen LogP contribution in [0, 0.1) is 5.92 Å². The van der Waals surface area contributed by atoms with Crippen molar-refractivity contribution < 1.29 is 13.2 Å². The van der Waals surface area contributed by atoms with Crippen molar-refractivity contribution in [3.05, 3.63) is 35.9 Å². The van der Waals surface area contributed by atoms with E-state index in [2.05, 4.69) is 24.1 Å². The van der Waals surface area contributed by atoms with Gasteiger partial charge in [0.2, 0.25) is 5.91 Å². The molecule has 0 aromatic heterocycles. The number of hydrogen-bond acceptors (Lipinski definition) is 5. The van der Waals surface area contributed by atoms with Crippen molar-refractivity contribution in [1.29, 1.82) is 0 Å². The number of nitrogens with one attached hydrogen (secondary N) is 1. The summed E-state index contributed by atoms with van der Waals surface area (Å²) in [6.07, 6.45) is 2.50. The molecule has 1 aromatic rings. The molecule has 0 spiro atoms. The first-order valence-corrected chi connectivity index (χ1v) is 12.2. The number of amides is 1. The summed E-state index contributed by atoms with van der Waals surface area (Å²) >= 11 is 0. The van der Waals surface area contributed by atoms with Crippen LogP contribution in [0.1, 0.15) is 38.3 Å². The van der Waals surface area contributed by atoms with Crippen molar-refractivity contribution in [1.82, 2.24) is 15.1 Å². The van der Waals surface area contributed by atoms with Crippen LogP contribution in [0.25, 0.3) is 0 Å². The fraction of sp³-hybridized carbons (Fsp3) is 0.667. The number of carbonyl (C=O) groups is 1. The SMILES string of the molecule is CC1CCCN(CC(C)NC(=O)C(c2ccccc2)N2CCS(=O)(=O)CC2)C1. The van der Waals surface area contributed by atoms with Crippen molar-refractivity contribution >= 4 is 15.7 Å². The zero-order chi connectivity index (χ0) is 20.1. The third-order valence-corrected chi connectivity index (χ3v) is 7.38. The zero-order valence-electron chi connectivity index (χ0n) is 17.0. The second kappa shape index (κ2) is 9.37. The number of piperidine rings is 1. The molecule has 3 unspecified atom stereocenters. The summed E-state index contributed by atoms with van der Waals surface area (Å²) in [7, 11) is -2.98. The van der Waals surface area contributed by atoms with E-state index < -0.39 is 15.9 Å². The predicted molar refractivity (Wildman–Crippen MR) is 112 cm³/mol. The van der Waals surface area contributed by atoms with Gasteiger partial charge >= 0.3 is 0 Å². The summed E-state index contributed by atoms with van der Waals surface area (Å²) in [5, 5.41) is 3.19. The Morgan fingerprint density at radius 3 is 2.50 bits per heavy atom. The molecule has 1 N–H and O–H groups in total. The Morgan fingerprint density at radius 1 is 1.18 bits per heavy atom. The summed E-state index contributed by atoms with van der Waals surface area (Å²) < 4.78 is 23.6.